The summed E-state index contributed by atoms with van der Waals surface area (Å²) in [5, 5.41) is 0. The summed E-state index contributed by atoms with van der Waals surface area (Å²) in [6.45, 7) is 4.19. The Morgan fingerprint density at radius 3 is 2.31 bits per heavy atom. The largest absolute Gasteiger partial charge is 0.329 e. The van der Waals surface area contributed by atoms with Crippen LogP contribution in [0.2, 0.25) is 0 Å². The Bertz CT molecular complexity index is 320. The standard InChI is InChI=1S/C9H20N4O2S/c10-3-4-12-5-7-13(8-6-12)16(14,15)11-9-1-2-9/h9,11H,1-8,10H2. The minimum Gasteiger partial charge on any atom is -0.329 e. The van der Waals surface area contributed by atoms with E-state index in [1.54, 1.807) is 4.31 Å². The molecule has 1 aliphatic heterocycles. The van der Waals surface area contributed by atoms with Gasteiger partial charge in [-0.15, -0.1) is 0 Å². The summed E-state index contributed by atoms with van der Waals surface area (Å²) in [5.74, 6) is 0. The van der Waals surface area contributed by atoms with Gasteiger partial charge in [0, 0.05) is 45.3 Å². The minimum absolute atomic E-state index is 0.187. The van der Waals surface area contributed by atoms with E-state index in [2.05, 4.69) is 9.62 Å². The lowest BCUT2D eigenvalue weighted by molar-refractivity contribution is 0.191. The van der Waals surface area contributed by atoms with Crippen LogP contribution in [-0.4, -0.2) is 62.9 Å². The average molecular weight is 248 g/mol. The summed E-state index contributed by atoms with van der Waals surface area (Å²) in [6.07, 6.45) is 1.96. The second-order valence-electron chi connectivity index (χ2n) is 4.43. The highest BCUT2D eigenvalue weighted by atomic mass is 32.2. The molecule has 0 aromatic rings. The predicted octanol–water partition coefficient (Wildman–Crippen LogP) is -1.44. The highest BCUT2D eigenvalue weighted by Crippen LogP contribution is 2.20. The molecule has 0 unspecified atom stereocenters. The molecule has 0 atom stereocenters. The molecule has 1 aliphatic carbocycles. The van der Waals surface area contributed by atoms with Gasteiger partial charge in [0.25, 0.3) is 10.2 Å². The zero-order valence-corrected chi connectivity index (χ0v) is 10.2. The summed E-state index contributed by atoms with van der Waals surface area (Å²) >= 11 is 0. The van der Waals surface area contributed by atoms with E-state index in [0.717, 1.165) is 32.5 Å². The molecule has 0 bridgehead atoms. The summed E-state index contributed by atoms with van der Waals surface area (Å²) in [7, 11) is -3.23. The maximum Gasteiger partial charge on any atom is 0.279 e. The van der Waals surface area contributed by atoms with Gasteiger partial charge in [-0.3, -0.25) is 4.90 Å². The topological polar surface area (TPSA) is 78.7 Å². The second kappa shape index (κ2) is 4.97. The highest BCUT2D eigenvalue weighted by molar-refractivity contribution is 7.87. The van der Waals surface area contributed by atoms with E-state index in [4.69, 9.17) is 5.73 Å². The number of piperazine rings is 1. The van der Waals surface area contributed by atoms with Crippen LogP contribution < -0.4 is 10.5 Å². The number of hydrogen-bond donors (Lipinski definition) is 2. The Morgan fingerprint density at radius 2 is 1.81 bits per heavy atom. The zero-order valence-electron chi connectivity index (χ0n) is 9.43. The van der Waals surface area contributed by atoms with Gasteiger partial charge in [0.2, 0.25) is 0 Å². The molecular formula is C9H20N4O2S. The van der Waals surface area contributed by atoms with Crippen LogP contribution >= 0.6 is 0 Å². The monoisotopic (exact) mass is 248 g/mol. The Balaban J connectivity index is 1.82. The fraction of sp³-hybridized carbons (Fsp3) is 1.00. The molecule has 1 saturated carbocycles. The molecule has 0 radical (unpaired) electrons. The van der Waals surface area contributed by atoms with Crippen LogP contribution in [0, 0.1) is 0 Å². The van der Waals surface area contributed by atoms with E-state index in [1.807, 2.05) is 0 Å². The van der Waals surface area contributed by atoms with Crippen molar-refractivity contribution in [2.45, 2.75) is 18.9 Å². The summed E-state index contributed by atoms with van der Waals surface area (Å²) in [5.41, 5.74) is 5.47. The molecule has 3 N–H and O–H groups in total. The third kappa shape index (κ3) is 3.14. The number of nitrogens with one attached hydrogen (secondary N) is 1. The van der Waals surface area contributed by atoms with Crippen LogP contribution in [0.3, 0.4) is 0 Å². The van der Waals surface area contributed by atoms with Crippen LogP contribution in [0.1, 0.15) is 12.8 Å². The van der Waals surface area contributed by atoms with Crippen molar-refractivity contribution in [1.29, 1.82) is 0 Å². The normalized spacial score (nSPS) is 24.8. The highest BCUT2D eigenvalue weighted by Gasteiger charge is 2.32. The summed E-state index contributed by atoms with van der Waals surface area (Å²) in [6, 6.07) is 0.187. The van der Waals surface area contributed by atoms with E-state index in [1.165, 1.54) is 0 Å². The van der Waals surface area contributed by atoms with Crippen molar-refractivity contribution in [2.75, 3.05) is 39.3 Å². The molecule has 2 aliphatic rings. The van der Waals surface area contributed by atoms with E-state index in [0.29, 0.717) is 19.6 Å². The van der Waals surface area contributed by atoms with Crippen molar-refractivity contribution in [3.05, 3.63) is 0 Å². The van der Waals surface area contributed by atoms with Gasteiger partial charge in [-0.1, -0.05) is 0 Å². The fourth-order valence-corrected chi connectivity index (χ4v) is 3.31. The van der Waals surface area contributed by atoms with Gasteiger partial charge in [0.05, 0.1) is 0 Å². The quantitative estimate of drug-likeness (QED) is 0.624. The molecule has 1 saturated heterocycles. The Labute approximate surface area is 97.0 Å². The Morgan fingerprint density at radius 1 is 1.19 bits per heavy atom. The minimum atomic E-state index is -3.23. The third-order valence-corrected chi connectivity index (χ3v) is 4.69. The lowest BCUT2D eigenvalue weighted by Crippen LogP contribution is -2.52. The van der Waals surface area contributed by atoms with Crippen LogP contribution in [0.25, 0.3) is 0 Å². The smallest absolute Gasteiger partial charge is 0.279 e. The first-order valence-corrected chi connectivity index (χ1v) is 7.25. The predicted molar refractivity (Wildman–Crippen MR) is 62.1 cm³/mol. The molecule has 0 amide bonds. The van der Waals surface area contributed by atoms with Gasteiger partial charge in [-0.05, 0) is 12.8 Å². The molecule has 0 spiro atoms. The van der Waals surface area contributed by atoms with Crippen molar-refractivity contribution in [3.63, 3.8) is 0 Å². The van der Waals surface area contributed by atoms with Gasteiger partial charge in [0.15, 0.2) is 0 Å². The lowest BCUT2D eigenvalue weighted by atomic mass is 10.3. The molecule has 0 aromatic carbocycles. The van der Waals surface area contributed by atoms with E-state index in [-0.39, 0.29) is 6.04 Å². The van der Waals surface area contributed by atoms with Gasteiger partial charge < -0.3 is 5.73 Å². The maximum absolute atomic E-state index is 11.9. The van der Waals surface area contributed by atoms with E-state index < -0.39 is 10.2 Å². The van der Waals surface area contributed by atoms with Gasteiger partial charge in [-0.25, -0.2) is 0 Å². The number of rotatable bonds is 5. The van der Waals surface area contributed by atoms with Crippen molar-refractivity contribution in [2.24, 2.45) is 5.73 Å². The molecule has 16 heavy (non-hydrogen) atoms. The molecule has 94 valence electrons. The van der Waals surface area contributed by atoms with E-state index >= 15 is 0 Å². The van der Waals surface area contributed by atoms with Crippen molar-refractivity contribution >= 4 is 10.2 Å². The first kappa shape index (κ1) is 12.3. The number of hydrogen-bond acceptors (Lipinski definition) is 4. The molecule has 2 rings (SSSR count). The summed E-state index contributed by atoms with van der Waals surface area (Å²) < 4.78 is 28.0. The first-order chi connectivity index (χ1) is 7.62. The van der Waals surface area contributed by atoms with Crippen LogP contribution in [0.5, 0.6) is 0 Å². The lowest BCUT2D eigenvalue weighted by Gasteiger charge is -2.33. The molecule has 2 fully saturated rings. The first-order valence-electron chi connectivity index (χ1n) is 5.81. The van der Waals surface area contributed by atoms with Crippen molar-refractivity contribution < 1.29 is 8.42 Å². The van der Waals surface area contributed by atoms with Gasteiger partial charge >= 0.3 is 0 Å². The molecule has 6 nitrogen and oxygen atoms in total. The SMILES string of the molecule is NCCN1CCN(S(=O)(=O)NC2CC2)CC1. The second-order valence-corrected chi connectivity index (χ2v) is 6.13. The van der Waals surface area contributed by atoms with Gasteiger partial charge in [0.1, 0.15) is 0 Å². The van der Waals surface area contributed by atoms with Crippen molar-refractivity contribution in [1.82, 2.24) is 13.9 Å². The third-order valence-electron chi connectivity index (χ3n) is 3.01. The zero-order chi connectivity index (χ0) is 11.6. The average Bonchev–Trinajstić information content (AvgIpc) is 3.02. The molecule has 7 heteroatoms. The number of nitrogens with two attached hydrogens (primary N) is 1. The van der Waals surface area contributed by atoms with E-state index in [9.17, 15) is 8.42 Å². The van der Waals surface area contributed by atoms with Crippen molar-refractivity contribution in [3.8, 4) is 0 Å². The molecule has 1 heterocycles. The Hall–Kier alpha value is -0.210. The van der Waals surface area contributed by atoms with Crippen LogP contribution in [0.15, 0.2) is 0 Å². The fourth-order valence-electron chi connectivity index (χ4n) is 1.86. The summed E-state index contributed by atoms with van der Waals surface area (Å²) in [4.78, 5) is 2.20. The maximum atomic E-state index is 11.9. The Kier molecular flexibility index (Phi) is 3.81. The molecular weight excluding hydrogens is 228 g/mol. The van der Waals surface area contributed by atoms with Gasteiger partial charge in [-0.2, -0.15) is 17.4 Å². The van der Waals surface area contributed by atoms with Crippen LogP contribution in [-0.2, 0) is 10.2 Å². The van der Waals surface area contributed by atoms with Crippen LogP contribution in [0.4, 0.5) is 0 Å². The number of nitrogens with zero attached hydrogens (tertiary/aromatic N) is 2. The molecule has 0 aromatic heterocycles.